The molecule has 5 heteroatoms. The number of imide groups is 1. The van der Waals surface area contributed by atoms with Crippen LogP contribution in [0.25, 0.3) is 0 Å². The number of nitrogens with one attached hydrogen (secondary N) is 1. The fraction of sp³-hybridized carbons (Fsp3) is 0.429. The molecule has 1 aromatic carbocycles. The quantitative estimate of drug-likeness (QED) is 0.900. The Morgan fingerprint density at radius 2 is 1.95 bits per heavy atom. The highest BCUT2D eigenvalue weighted by Crippen LogP contribution is 2.24. The number of rotatable bonds is 5. The van der Waals surface area contributed by atoms with Crippen LogP contribution in [0.4, 0.5) is 4.79 Å². The molecule has 1 aromatic rings. The second-order valence-corrected chi connectivity index (χ2v) is 5.91. The number of hydrogen-bond acceptors (Lipinski definition) is 4. The van der Waals surface area contributed by atoms with Gasteiger partial charge in [0.1, 0.15) is 5.75 Å². The smallest absolute Gasteiger partial charge is 0.286 e. The van der Waals surface area contributed by atoms with Gasteiger partial charge in [0.05, 0.1) is 11.4 Å². The number of carbonyl (C=O) groups excluding carboxylic acids is 2. The maximum Gasteiger partial charge on any atom is 0.286 e. The lowest BCUT2D eigenvalue weighted by atomic mass is 10.1. The third-order valence-electron chi connectivity index (χ3n) is 2.76. The second-order valence-electron chi connectivity index (χ2n) is 4.73. The zero-order chi connectivity index (χ0) is 13.8. The lowest BCUT2D eigenvalue weighted by Gasteiger charge is -2.10. The van der Waals surface area contributed by atoms with E-state index in [-0.39, 0.29) is 22.5 Å². The lowest BCUT2D eigenvalue weighted by molar-refractivity contribution is -0.119. The molecule has 0 aromatic heterocycles. The van der Waals surface area contributed by atoms with Crippen LogP contribution in [0, 0.1) is 0 Å². The molecule has 0 bridgehead atoms. The Labute approximate surface area is 116 Å². The molecule has 1 heterocycles. The highest BCUT2D eigenvalue weighted by atomic mass is 32.2. The molecule has 1 aliphatic rings. The van der Waals surface area contributed by atoms with Gasteiger partial charge in [0.2, 0.25) is 5.91 Å². The maximum atomic E-state index is 11.4. The molecule has 19 heavy (non-hydrogen) atoms. The first-order valence-electron chi connectivity index (χ1n) is 6.31. The van der Waals surface area contributed by atoms with Crippen molar-refractivity contribution < 1.29 is 14.3 Å². The van der Waals surface area contributed by atoms with Gasteiger partial charge in [0, 0.05) is 0 Å². The molecule has 0 spiro atoms. The van der Waals surface area contributed by atoms with Gasteiger partial charge >= 0.3 is 0 Å². The Morgan fingerprint density at radius 1 is 1.26 bits per heavy atom. The Hall–Kier alpha value is -1.49. The fourth-order valence-electron chi connectivity index (χ4n) is 1.89. The summed E-state index contributed by atoms with van der Waals surface area (Å²) in [7, 11) is 0. The van der Waals surface area contributed by atoms with Crippen LogP contribution >= 0.6 is 11.8 Å². The molecule has 102 valence electrons. The van der Waals surface area contributed by atoms with E-state index in [1.165, 1.54) is 0 Å². The number of benzene rings is 1. The summed E-state index contributed by atoms with van der Waals surface area (Å²) >= 11 is 1.08. The standard InChI is InChI=1S/C14H17NO3S/c1-9(2)18-11-6-3-10(4-7-11)5-8-12-13(16)15-14(17)19-12/h3-4,6-7,9,12H,5,8H2,1-2H3,(H,15,16,17)/t12-/m1/s1. The van der Waals surface area contributed by atoms with Crippen molar-refractivity contribution >= 4 is 22.9 Å². The lowest BCUT2D eigenvalue weighted by Crippen LogP contribution is -2.24. The van der Waals surface area contributed by atoms with Crippen molar-refractivity contribution in [2.24, 2.45) is 0 Å². The summed E-state index contributed by atoms with van der Waals surface area (Å²) in [6.07, 6.45) is 1.61. The molecule has 2 rings (SSSR count). The second kappa shape index (κ2) is 6.10. The SMILES string of the molecule is CC(C)Oc1ccc(CC[C@H]2SC(=O)NC2=O)cc1. The molecule has 2 amide bonds. The molecular formula is C14H17NO3S. The van der Waals surface area contributed by atoms with Crippen LogP contribution in [0.15, 0.2) is 24.3 Å². The first-order valence-corrected chi connectivity index (χ1v) is 7.19. The molecule has 0 aliphatic carbocycles. The predicted molar refractivity (Wildman–Crippen MR) is 75.4 cm³/mol. The van der Waals surface area contributed by atoms with Gasteiger partial charge in [-0.05, 0) is 44.4 Å². The van der Waals surface area contributed by atoms with Gasteiger partial charge in [-0.2, -0.15) is 0 Å². The van der Waals surface area contributed by atoms with Gasteiger partial charge in [0.15, 0.2) is 0 Å². The van der Waals surface area contributed by atoms with Crippen LogP contribution < -0.4 is 10.1 Å². The van der Waals surface area contributed by atoms with E-state index in [2.05, 4.69) is 5.32 Å². The average molecular weight is 279 g/mol. The first kappa shape index (κ1) is 13.9. The van der Waals surface area contributed by atoms with E-state index < -0.39 is 0 Å². The number of thioether (sulfide) groups is 1. The van der Waals surface area contributed by atoms with Crippen molar-refractivity contribution in [3.05, 3.63) is 29.8 Å². The van der Waals surface area contributed by atoms with Crippen molar-refractivity contribution in [2.75, 3.05) is 0 Å². The zero-order valence-corrected chi connectivity index (χ0v) is 11.8. The molecule has 1 N–H and O–H groups in total. The van der Waals surface area contributed by atoms with Gasteiger partial charge in [0.25, 0.3) is 5.24 Å². The van der Waals surface area contributed by atoms with Gasteiger partial charge in [-0.1, -0.05) is 23.9 Å². The molecule has 0 unspecified atom stereocenters. The van der Waals surface area contributed by atoms with Crippen LogP contribution in [0.1, 0.15) is 25.8 Å². The maximum absolute atomic E-state index is 11.4. The fourth-order valence-corrected chi connectivity index (χ4v) is 2.71. The van der Waals surface area contributed by atoms with E-state index in [1.54, 1.807) is 0 Å². The highest BCUT2D eigenvalue weighted by molar-refractivity contribution is 8.15. The largest absolute Gasteiger partial charge is 0.491 e. The van der Waals surface area contributed by atoms with Crippen LogP contribution in [-0.2, 0) is 11.2 Å². The summed E-state index contributed by atoms with van der Waals surface area (Å²) in [6, 6.07) is 7.86. The van der Waals surface area contributed by atoms with Gasteiger partial charge in [-0.15, -0.1) is 0 Å². The van der Waals surface area contributed by atoms with E-state index in [1.807, 2.05) is 38.1 Å². The van der Waals surface area contributed by atoms with E-state index in [0.29, 0.717) is 6.42 Å². The average Bonchev–Trinajstić information content (AvgIpc) is 2.66. The minimum atomic E-state index is -0.251. The Morgan fingerprint density at radius 3 is 2.47 bits per heavy atom. The summed E-state index contributed by atoms with van der Waals surface area (Å²) in [5.74, 6) is 0.677. The zero-order valence-electron chi connectivity index (χ0n) is 11.0. The van der Waals surface area contributed by atoms with E-state index >= 15 is 0 Å². The van der Waals surface area contributed by atoms with Gasteiger partial charge in [-0.3, -0.25) is 14.9 Å². The predicted octanol–water partition coefficient (Wildman–Crippen LogP) is 2.76. The van der Waals surface area contributed by atoms with Crippen LogP contribution in [0.2, 0.25) is 0 Å². The first-order chi connectivity index (χ1) is 9.04. The molecule has 0 radical (unpaired) electrons. The number of aryl methyl sites for hydroxylation is 1. The third-order valence-corrected chi connectivity index (χ3v) is 3.81. The van der Waals surface area contributed by atoms with Crippen LogP contribution in [-0.4, -0.2) is 22.5 Å². The minimum Gasteiger partial charge on any atom is -0.491 e. The van der Waals surface area contributed by atoms with E-state index in [0.717, 1.165) is 29.5 Å². The van der Waals surface area contributed by atoms with Crippen molar-refractivity contribution in [2.45, 2.75) is 38.0 Å². The third kappa shape index (κ3) is 3.99. The number of amides is 2. The highest BCUT2D eigenvalue weighted by Gasteiger charge is 2.30. The Bertz CT molecular complexity index is 470. The van der Waals surface area contributed by atoms with Crippen molar-refractivity contribution in [1.82, 2.24) is 5.32 Å². The summed E-state index contributed by atoms with van der Waals surface area (Å²) in [5.41, 5.74) is 1.14. The van der Waals surface area contributed by atoms with Gasteiger partial charge in [-0.25, -0.2) is 0 Å². The molecule has 4 nitrogen and oxygen atoms in total. The minimum absolute atomic E-state index is 0.162. The molecule has 1 saturated heterocycles. The number of ether oxygens (including phenoxy) is 1. The Balaban J connectivity index is 1.86. The molecule has 0 saturated carbocycles. The van der Waals surface area contributed by atoms with Crippen molar-refractivity contribution in [1.29, 1.82) is 0 Å². The molecule has 1 aliphatic heterocycles. The topological polar surface area (TPSA) is 55.4 Å². The normalized spacial score (nSPS) is 18.8. The summed E-state index contributed by atoms with van der Waals surface area (Å²) in [6.45, 7) is 3.97. The van der Waals surface area contributed by atoms with Crippen LogP contribution in [0.3, 0.4) is 0 Å². The van der Waals surface area contributed by atoms with Gasteiger partial charge < -0.3 is 4.74 Å². The van der Waals surface area contributed by atoms with Crippen molar-refractivity contribution in [3.8, 4) is 5.75 Å². The summed E-state index contributed by atoms with van der Waals surface area (Å²) in [5, 5.41) is 1.81. The number of carbonyl (C=O) groups is 2. The molecule has 1 fully saturated rings. The summed E-state index contributed by atoms with van der Waals surface area (Å²) < 4.78 is 5.57. The molecule has 1 atom stereocenters. The monoisotopic (exact) mass is 279 g/mol. The summed E-state index contributed by atoms with van der Waals surface area (Å²) in [4.78, 5) is 22.4. The van der Waals surface area contributed by atoms with Crippen molar-refractivity contribution in [3.63, 3.8) is 0 Å². The number of hydrogen-bond donors (Lipinski definition) is 1. The molecular weight excluding hydrogens is 262 g/mol. The van der Waals surface area contributed by atoms with E-state index in [4.69, 9.17) is 4.74 Å². The van der Waals surface area contributed by atoms with E-state index in [9.17, 15) is 9.59 Å². The van der Waals surface area contributed by atoms with Crippen LogP contribution in [0.5, 0.6) is 5.75 Å². The Kier molecular flexibility index (Phi) is 4.47.